The summed E-state index contributed by atoms with van der Waals surface area (Å²) >= 11 is 0. The molecule has 42 heavy (non-hydrogen) atoms. The van der Waals surface area contributed by atoms with E-state index in [9.17, 15) is 14.7 Å². The van der Waals surface area contributed by atoms with Crippen molar-refractivity contribution >= 4 is 11.9 Å². The number of hydrogen-bond donors (Lipinski definition) is 1. The van der Waals surface area contributed by atoms with E-state index < -0.39 is 6.10 Å². The van der Waals surface area contributed by atoms with E-state index in [1.54, 1.807) is 0 Å². The van der Waals surface area contributed by atoms with E-state index in [1.165, 1.54) is 128 Å². The molecule has 0 heterocycles. The molecule has 248 valence electrons. The first-order chi connectivity index (χ1) is 20.6. The Morgan fingerprint density at radius 3 is 1.29 bits per heavy atom. The highest BCUT2D eigenvalue weighted by Gasteiger charge is 2.16. The van der Waals surface area contributed by atoms with Crippen LogP contribution in [0.25, 0.3) is 0 Å². The summed E-state index contributed by atoms with van der Waals surface area (Å²) in [6.45, 7) is 4.12. The molecule has 1 N–H and O–H groups in total. The Hall–Kier alpha value is -1.36. The van der Waals surface area contributed by atoms with Crippen molar-refractivity contribution in [2.75, 3.05) is 13.2 Å². The molecule has 0 unspecified atom stereocenters. The van der Waals surface area contributed by atoms with E-state index in [2.05, 4.69) is 26.0 Å². The number of ether oxygens (including phenoxy) is 2. The van der Waals surface area contributed by atoms with Crippen LogP contribution in [0.3, 0.4) is 0 Å². The fraction of sp³-hybridized carbons (Fsp3) is 0.892. The van der Waals surface area contributed by atoms with Gasteiger partial charge in [0.2, 0.25) is 0 Å². The third kappa shape index (κ3) is 31.6. The van der Waals surface area contributed by atoms with Gasteiger partial charge in [0.05, 0.1) is 6.61 Å². The van der Waals surface area contributed by atoms with Crippen molar-refractivity contribution in [3.63, 3.8) is 0 Å². The van der Waals surface area contributed by atoms with Gasteiger partial charge in [-0.15, -0.1) is 0 Å². The molecule has 0 rings (SSSR count). The molecule has 0 saturated carbocycles. The van der Waals surface area contributed by atoms with Crippen LogP contribution >= 0.6 is 0 Å². The first-order valence-corrected chi connectivity index (χ1v) is 18.2. The van der Waals surface area contributed by atoms with Crippen molar-refractivity contribution in [2.24, 2.45) is 0 Å². The number of rotatable bonds is 33. The maximum absolute atomic E-state index is 12.1. The minimum absolute atomic E-state index is 0.0628. The summed E-state index contributed by atoms with van der Waals surface area (Å²) in [6, 6.07) is 0. The molecule has 0 spiro atoms. The molecule has 0 aromatic rings. The van der Waals surface area contributed by atoms with Crippen molar-refractivity contribution in [1.82, 2.24) is 0 Å². The van der Waals surface area contributed by atoms with Crippen molar-refractivity contribution in [3.05, 3.63) is 12.2 Å². The molecule has 1 atom stereocenters. The van der Waals surface area contributed by atoms with Gasteiger partial charge in [-0.3, -0.25) is 9.59 Å². The lowest BCUT2D eigenvalue weighted by Crippen LogP contribution is -2.28. The van der Waals surface area contributed by atoms with Crippen LogP contribution in [0, 0.1) is 0 Å². The quantitative estimate of drug-likeness (QED) is 0.0465. The minimum atomic E-state index is -0.764. The summed E-state index contributed by atoms with van der Waals surface area (Å²) in [7, 11) is 0. The zero-order chi connectivity index (χ0) is 30.8. The SMILES string of the molecule is CCCCCCCCC=CCCCCCCCCCC(=O)OC[C@H](CO)OC(=O)CCCCCCCCCCCCC. The van der Waals surface area contributed by atoms with E-state index in [1.807, 2.05) is 0 Å². The van der Waals surface area contributed by atoms with Crippen molar-refractivity contribution in [1.29, 1.82) is 0 Å². The zero-order valence-electron chi connectivity index (χ0n) is 28.0. The standard InChI is InChI=1S/C37H70O5/c1-3-5-7-9-11-13-15-16-17-18-19-20-22-23-25-27-29-31-36(39)41-34-35(33-38)42-37(40)32-30-28-26-24-21-14-12-10-8-6-4-2/h16-17,35,38H,3-15,18-34H2,1-2H3/t35-/m0/s1. The van der Waals surface area contributed by atoms with Crippen LogP contribution in [0.4, 0.5) is 0 Å². The van der Waals surface area contributed by atoms with Gasteiger partial charge in [0, 0.05) is 12.8 Å². The monoisotopic (exact) mass is 595 g/mol. The van der Waals surface area contributed by atoms with E-state index >= 15 is 0 Å². The molecule has 0 aliphatic rings. The summed E-state index contributed by atoms with van der Waals surface area (Å²) in [5, 5.41) is 9.51. The maximum atomic E-state index is 12.1. The second-order valence-corrected chi connectivity index (χ2v) is 12.3. The molecular formula is C37H70O5. The number of esters is 2. The Bertz CT molecular complexity index is 603. The van der Waals surface area contributed by atoms with Gasteiger partial charge in [0.25, 0.3) is 0 Å². The highest BCUT2D eigenvalue weighted by atomic mass is 16.6. The van der Waals surface area contributed by atoms with E-state index in [0.29, 0.717) is 12.8 Å². The third-order valence-electron chi connectivity index (χ3n) is 8.06. The fourth-order valence-electron chi connectivity index (χ4n) is 5.25. The van der Waals surface area contributed by atoms with Gasteiger partial charge in [0.1, 0.15) is 6.61 Å². The van der Waals surface area contributed by atoms with Crippen molar-refractivity contribution < 1.29 is 24.2 Å². The highest BCUT2D eigenvalue weighted by Crippen LogP contribution is 2.14. The summed E-state index contributed by atoms with van der Waals surface area (Å²) in [5.74, 6) is -0.590. The third-order valence-corrected chi connectivity index (χ3v) is 8.06. The molecule has 0 bridgehead atoms. The van der Waals surface area contributed by atoms with E-state index in [4.69, 9.17) is 9.47 Å². The minimum Gasteiger partial charge on any atom is -0.462 e. The zero-order valence-corrected chi connectivity index (χ0v) is 28.0. The summed E-state index contributed by atoms with van der Waals surface area (Å²) in [6.07, 6.45) is 36.9. The molecular weight excluding hydrogens is 524 g/mol. The van der Waals surface area contributed by atoms with E-state index in [0.717, 1.165) is 38.5 Å². The number of allylic oxidation sites excluding steroid dienone is 2. The lowest BCUT2D eigenvalue weighted by atomic mass is 10.1. The highest BCUT2D eigenvalue weighted by molar-refractivity contribution is 5.70. The number of aliphatic hydroxyl groups is 1. The number of unbranched alkanes of at least 4 members (excludes halogenated alkanes) is 23. The second kappa shape index (κ2) is 34.1. The predicted octanol–water partition coefficient (Wildman–Crippen LogP) is 11.0. The van der Waals surface area contributed by atoms with Gasteiger partial charge >= 0.3 is 11.9 Å². The maximum Gasteiger partial charge on any atom is 0.306 e. The Kier molecular flexibility index (Phi) is 33.0. The van der Waals surface area contributed by atoms with Crippen LogP contribution in [-0.2, 0) is 19.1 Å². The Balaban J connectivity index is 3.53. The molecule has 0 aromatic heterocycles. The molecule has 0 aliphatic carbocycles. The van der Waals surface area contributed by atoms with Gasteiger partial charge in [-0.1, -0.05) is 154 Å². The molecule has 5 heteroatoms. The van der Waals surface area contributed by atoms with Gasteiger partial charge in [0.15, 0.2) is 6.10 Å². The van der Waals surface area contributed by atoms with Crippen LogP contribution in [0.15, 0.2) is 12.2 Å². The van der Waals surface area contributed by atoms with Crippen LogP contribution in [0.1, 0.15) is 194 Å². The largest absolute Gasteiger partial charge is 0.462 e. The van der Waals surface area contributed by atoms with Crippen LogP contribution < -0.4 is 0 Å². The number of carbonyl (C=O) groups excluding carboxylic acids is 2. The lowest BCUT2D eigenvalue weighted by Gasteiger charge is -2.15. The Morgan fingerprint density at radius 2 is 0.881 bits per heavy atom. The van der Waals surface area contributed by atoms with E-state index in [-0.39, 0.29) is 25.2 Å². The molecule has 0 amide bonds. The molecule has 0 fully saturated rings. The van der Waals surface area contributed by atoms with Gasteiger partial charge in [-0.05, 0) is 38.5 Å². The number of carbonyl (C=O) groups is 2. The van der Waals surface area contributed by atoms with Crippen molar-refractivity contribution in [3.8, 4) is 0 Å². The normalized spacial score (nSPS) is 12.2. The first-order valence-electron chi connectivity index (χ1n) is 18.2. The Labute approximate surface area is 261 Å². The van der Waals surface area contributed by atoms with Gasteiger partial charge in [-0.25, -0.2) is 0 Å². The topological polar surface area (TPSA) is 72.8 Å². The summed E-state index contributed by atoms with van der Waals surface area (Å²) < 4.78 is 10.6. The first kappa shape index (κ1) is 40.6. The molecule has 5 nitrogen and oxygen atoms in total. The molecule has 0 aromatic carbocycles. The summed E-state index contributed by atoms with van der Waals surface area (Å²) in [4.78, 5) is 24.1. The van der Waals surface area contributed by atoms with Crippen LogP contribution in [0.2, 0.25) is 0 Å². The smallest absolute Gasteiger partial charge is 0.306 e. The second-order valence-electron chi connectivity index (χ2n) is 12.3. The molecule has 0 radical (unpaired) electrons. The lowest BCUT2D eigenvalue weighted by molar-refractivity contribution is -0.161. The average Bonchev–Trinajstić information content (AvgIpc) is 2.99. The fourth-order valence-corrected chi connectivity index (χ4v) is 5.25. The van der Waals surface area contributed by atoms with Gasteiger partial charge in [-0.2, -0.15) is 0 Å². The summed E-state index contributed by atoms with van der Waals surface area (Å²) in [5.41, 5.74) is 0. The van der Waals surface area contributed by atoms with Crippen LogP contribution in [-0.4, -0.2) is 36.4 Å². The molecule has 0 saturated heterocycles. The predicted molar refractivity (Wildman–Crippen MR) is 178 cm³/mol. The van der Waals surface area contributed by atoms with Gasteiger partial charge < -0.3 is 14.6 Å². The number of aliphatic hydroxyl groups excluding tert-OH is 1. The Morgan fingerprint density at radius 1 is 0.524 bits per heavy atom. The molecule has 0 aliphatic heterocycles. The van der Waals surface area contributed by atoms with Crippen LogP contribution in [0.5, 0.6) is 0 Å². The average molecular weight is 595 g/mol. The van der Waals surface area contributed by atoms with Crippen molar-refractivity contribution in [2.45, 2.75) is 200 Å². The number of hydrogen-bond acceptors (Lipinski definition) is 5.